The predicted molar refractivity (Wildman–Crippen MR) is 121 cm³/mol. The van der Waals surface area contributed by atoms with Gasteiger partial charge in [0.25, 0.3) is 5.91 Å². The maximum absolute atomic E-state index is 12.8. The Morgan fingerprint density at radius 2 is 1.93 bits per heavy atom. The number of nitrogens with zero attached hydrogens (tertiary/aromatic N) is 2. The number of amides is 2. The van der Waals surface area contributed by atoms with Crippen LogP contribution in [0.25, 0.3) is 11.3 Å². The molecule has 0 unspecified atom stereocenters. The van der Waals surface area contributed by atoms with Crippen LogP contribution in [0.5, 0.6) is 0 Å². The number of hydrogen-bond acceptors (Lipinski definition) is 6. The summed E-state index contributed by atoms with van der Waals surface area (Å²) in [4.78, 5) is 34.6. The third kappa shape index (κ3) is 4.39. The number of aromatic nitrogens is 2. The molecule has 154 valence electrons. The van der Waals surface area contributed by atoms with Crippen LogP contribution in [-0.4, -0.2) is 27.0 Å². The van der Waals surface area contributed by atoms with Crippen molar-refractivity contribution in [3.63, 3.8) is 0 Å². The van der Waals surface area contributed by atoms with Gasteiger partial charge < -0.3 is 11.1 Å². The molecule has 0 radical (unpaired) electrons. The normalized spacial score (nSPS) is 14.0. The van der Waals surface area contributed by atoms with Crippen molar-refractivity contribution < 1.29 is 9.59 Å². The van der Waals surface area contributed by atoms with E-state index in [9.17, 15) is 9.59 Å². The van der Waals surface area contributed by atoms with Gasteiger partial charge in [-0.1, -0.05) is 42.1 Å². The monoisotopic (exact) mass is 438 g/mol. The van der Waals surface area contributed by atoms with Crippen molar-refractivity contribution in [1.82, 2.24) is 9.97 Å². The second-order valence-electron chi connectivity index (χ2n) is 7.14. The molecule has 1 aliphatic rings. The molecule has 4 rings (SSSR count). The Morgan fingerprint density at radius 1 is 1.17 bits per heavy atom. The van der Waals surface area contributed by atoms with Gasteiger partial charge in [0.15, 0.2) is 0 Å². The molecule has 0 fully saturated rings. The lowest BCUT2D eigenvalue weighted by atomic mass is 9.95. The molecule has 0 spiro atoms. The van der Waals surface area contributed by atoms with E-state index in [4.69, 9.17) is 5.73 Å². The third-order valence-corrected chi connectivity index (χ3v) is 7.27. The molecule has 6 nitrogen and oxygen atoms in total. The molecule has 0 aliphatic heterocycles. The number of thiophene rings is 1. The molecule has 2 aromatic heterocycles. The number of benzene rings is 1. The molecular formula is C22H22N4O2S2. The number of primary amides is 1. The first-order valence-electron chi connectivity index (χ1n) is 9.82. The van der Waals surface area contributed by atoms with Gasteiger partial charge in [0.2, 0.25) is 5.91 Å². The molecular weight excluding hydrogens is 416 g/mol. The summed E-state index contributed by atoms with van der Waals surface area (Å²) in [6.45, 7) is 1.82. The number of anilines is 1. The first-order valence-corrected chi connectivity index (χ1v) is 11.5. The summed E-state index contributed by atoms with van der Waals surface area (Å²) in [5.74, 6) is -0.658. The Hall–Kier alpha value is -2.71. The number of fused-ring (bicyclic) bond motifs is 1. The van der Waals surface area contributed by atoms with Gasteiger partial charge in [0.1, 0.15) is 16.4 Å². The summed E-state index contributed by atoms with van der Waals surface area (Å²) in [7, 11) is 0. The van der Waals surface area contributed by atoms with Gasteiger partial charge in [-0.15, -0.1) is 11.3 Å². The zero-order valence-corrected chi connectivity index (χ0v) is 18.2. The SMILES string of the molecule is C[C@H](Sc1cc(-c2ccccc2)ncn1)C(=O)Nc1sc2c(c1C(N)=O)CCCC2. The van der Waals surface area contributed by atoms with Crippen LogP contribution in [0.15, 0.2) is 47.8 Å². The number of hydrogen-bond donors (Lipinski definition) is 2. The summed E-state index contributed by atoms with van der Waals surface area (Å²) in [6, 6.07) is 11.7. The second kappa shape index (κ2) is 8.97. The molecule has 2 amide bonds. The third-order valence-electron chi connectivity index (χ3n) is 5.03. The van der Waals surface area contributed by atoms with Crippen molar-refractivity contribution in [3.05, 3.63) is 58.7 Å². The summed E-state index contributed by atoms with van der Waals surface area (Å²) < 4.78 is 0. The first kappa shape index (κ1) is 20.6. The van der Waals surface area contributed by atoms with Crippen molar-refractivity contribution in [2.75, 3.05) is 5.32 Å². The van der Waals surface area contributed by atoms with Crippen LogP contribution >= 0.6 is 23.1 Å². The van der Waals surface area contributed by atoms with Crippen molar-refractivity contribution in [2.24, 2.45) is 5.73 Å². The summed E-state index contributed by atoms with van der Waals surface area (Å²) in [6.07, 6.45) is 5.43. The quantitative estimate of drug-likeness (QED) is 0.442. The number of nitrogens with two attached hydrogens (primary N) is 1. The first-order chi connectivity index (χ1) is 14.5. The lowest BCUT2D eigenvalue weighted by Gasteiger charge is -2.12. The Bertz CT molecular complexity index is 1080. The highest BCUT2D eigenvalue weighted by Gasteiger charge is 2.26. The van der Waals surface area contributed by atoms with Crippen molar-refractivity contribution >= 4 is 39.9 Å². The number of nitrogens with one attached hydrogen (secondary N) is 1. The molecule has 0 saturated heterocycles. The maximum atomic E-state index is 12.8. The molecule has 1 aromatic carbocycles. The highest BCUT2D eigenvalue weighted by Crippen LogP contribution is 2.38. The minimum absolute atomic E-state index is 0.180. The number of aryl methyl sites for hydroxylation is 1. The number of rotatable bonds is 6. The van der Waals surface area contributed by atoms with E-state index in [0.29, 0.717) is 15.6 Å². The summed E-state index contributed by atoms with van der Waals surface area (Å²) >= 11 is 2.83. The van der Waals surface area contributed by atoms with E-state index < -0.39 is 11.2 Å². The van der Waals surface area contributed by atoms with E-state index in [-0.39, 0.29) is 5.91 Å². The van der Waals surface area contributed by atoms with Crippen molar-refractivity contribution in [2.45, 2.75) is 42.9 Å². The lowest BCUT2D eigenvalue weighted by molar-refractivity contribution is -0.115. The van der Waals surface area contributed by atoms with Gasteiger partial charge >= 0.3 is 0 Å². The van der Waals surface area contributed by atoms with E-state index in [2.05, 4.69) is 15.3 Å². The van der Waals surface area contributed by atoms with E-state index >= 15 is 0 Å². The van der Waals surface area contributed by atoms with Gasteiger partial charge in [-0.25, -0.2) is 9.97 Å². The van der Waals surface area contributed by atoms with Crippen LogP contribution in [0.3, 0.4) is 0 Å². The molecule has 0 bridgehead atoms. The maximum Gasteiger partial charge on any atom is 0.251 e. The second-order valence-corrected chi connectivity index (χ2v) is 9.60. The smallest absolute Gasteiger partial charge is 0.251 e. The zero-order valence-electron chi connectivity index (χ0n) is 16.6. The van der Waals surface area contributed by atoms with Gasteiger partial charge in [-0.2, -0.15) is 0 Å². The summed E-state index contributed by atoms with van der Waals surface area (Å²) in [5.41, 5.74) is 8.92. The highest BCUT2D eigenvalue weighted by atomic mass is 32.2. The average Bonchev–Trinajstić information content (AvgIpc) is 3.12. The fourth-order valence-corrected chi connectivity index (χ4v) is 5.65. The van der Waals surface area contributed by atoms with E-state index in [1.165, 1.54) is 29.4 Å². The van der Waals surface area contributed by atoms with Crippen LogP contribution in [0.1, 0.15) is 40.6 Å². The molecule has 8 heteroatoms. The van der Waals surface area contributed by atoms with Gasteiger partial charge in [-0.3, -0.25) is 9.59 Å². The molecule has 3 aromatic rings. The van der Waals surface area contributed by atoms with Crippen LogP contribution in [0.4, 0.5) is 5.00 Å². The Labute approximate surface area is 183 Å². The molecule has 2 heterocycles. The molecule has 3 N–H and O–H groups in total. The van der Waals surface area contributed by atoms with Gasteiger partial charge in [0, 0.05) is 10.4 Å². The summed E-state index contributed by atoms with van der Waals surface area (Å²) in [5, 5.41) is 3.81. The van der Waals surface area contributed by atoms with Crippen molar-refractivity contribution in [3.8, 4) is 11.3 Å². The van der Waals surface area contributed by atoms with E-state index in [1.54, 1.807) is 0 Å². The molecule has 1 atom stereocenters. The van der Waals surface area contributed by atoms with E-state index in [0.717, 1.165) is 47.4 Å². The van der Waals surface area contributed by atoms with Crippen LogP contribution in [0.2, 0.25) is 0 Å². The van der Waals surface area contributed by atoms with Crippen LogP contribution in [-0.2, 0) is 17.6 Å². The molecule has 0 saturated carbocycles. The minimum atomic E-state index is -0.478. The van der Waals surface area contributed by atoms with Crippen molar-refractivity contribution in [1.29, 1.82) is 0 Å². The van der Waals surface area contributed by atoms with Gasteiger partial charge in [-0.05, 0) is 44.2 Å². The Kier molecular flexibility index (Phi) is 6.15. The van der Waals surface area contributed by atoms with Crippen LogP contribution in [0, 0.1) is 0 Å². The number of carbonyl (C=O) groups excluding carboxylic acids is 2. The Balaban J connectivity index is 1.49. The van der Waals surface area contributed by atoms with Gasteiger partial charge in [0.05, 0.1) is 16.5 Å². The zero-order chi connectivity index (χ0) is 21.1. The lowest BCUT2D eigenvalue weighted by Crippen LogP contribution is -2.24. The highest BCUT2D eigenvalue weighted by molar-refractivity contribution is 8.00. The minimum Gasteiger partial charge on any atom is -0.365 e. The largest absolute Gasteiger partial charge is 0.365 e. The average molecular weight is 439 g/mol. The fourth-order valence-electron chi connectivity index (χ4n) is 3.53. The number of thioether (sulfide) groups is 1. The molecule has 30 heavy (non-hydrogen) atoms. The predicted octanol–water partition coefficient (Wildman–Crippen LogP) is 4.30. The topological polar surface area (TPSA) is 98.0 Å². The Morgan fingerprint density at radius 3 is 2.70 bits per heavy atom. The molecule has 1 aliphatic carbocycles. The van der Waals surface area contributed by atoms with Crippen LogP contribution < -0.4 is 11.1 Å². The fraction of sp³-hybridized carbons (Fsp3) is 0.273. The number of carbonyl (C=O) groups is 2. The standard InChI is InChI=1S/C22H22N4O2S2/c1-13(29-18-11-16(24-12-25-18)14-7-3-2-4-8-14)21(28)26-22-19(20(23)27)15-9-5-6-10-17(15)30-22/h2-4,7-8,11-13H,5-6,9-10H2,1H3,(H2,23,27)(H,26,28)/t13-/m0/s1. The van der Waals surface area contributed by atoms with E-state index in [1.807, 2.05) is 43.3 Å².